The van der Waals surface area contributed by atoms with Gasteiger partial charge in [0.15, 0.2) is 23.1 Å². The number of nitrogens with one attached hydrogen (secondary N) is 4. The number of methoxy groups -OCH3 is 2. The molecule has 0 atom stereocenters. The maximum Gasteiger partial charge on any atom is 0.252 e. The number of carbonyl (C=O) groups excluding carboxylic acids is 2. The molecule has 0 aliphatic carbocycles. The molecule has 55 heavy (non-hydrogen) atoms. The molecule has 0 aliphatic heterocycles. The Bertz CT molecular complexity index is 2280. The lowest BCUT2D eigenvalue weighted by Gasteiger charge is -2.12. The summed E-state index contributed by atoms with van der Waals surface area (Å²) in [4.78, 5) is 38.4. The molecule has 0 aliphatic rings. The van der Waals surface area contributed by atoms with Crippen LogP contribution in [0.3, 0.4) is 0 Å². The third-order valence-electron chi connectivity index (χ3n) is 8.58. The summed E-state index contributed by atoms with van der Waals surface area (Å²) in [5, 5.41) is 20.0. The van der Waals surface area contributed by atoms with Crippen molar-refractivity contribution in [1.82, 2.24) is 45.1 Å². The van der Waals surface area contributed by atoms with E-state index in [2.05, 4.69) is 46.4 Å². The highest BCUT2D eigenvalue weighted by molar-refractivity contribution is 5.95. The number of nitrogens with zero attached hydrogens (tertiary/aromatic N) is 7. The van der Waals surface area contributed by atoms with Crippen LogP contribution in [0.25, 0.3) is 0 Å². The van der Waals surface area contributed by atoms with E-state index < -0.39 is 17.5 Å². The molecule has 0 saturated heterocycles. The molecule has 15 nitrogen and oxygen atoms in total. The van der Waals surface area contributed by atoms with E-state index in [4.69, 9.17) is 9.47 Å². The number of benzene rings is 2. The minimum absolute atomic E-state index is 0.00437. The highest BCUT2D eigenvalue weighted by Crippen LogP contribution is 2.26. The van der Waals surface area contributed by atoms with Crippen molar-refractivity contribution in [1.29, 1.82) is 0 Å². The molecule has 4 heterocycles. The quantitative estimate of drug-likeness (QED) is 0.106. The summed E-state index contributed by atoms with van der Waals surface area (Å²) in [6, 6.07) is 9.50. The van der Waals surface area contributed by atoms with E-state index in [1.54, 1.807) is 41.9 Å². The van der Waals surface area contributed by atoms with Crippen molar-refractivity contribution in [2.45, 2.75) is 32.4 Å². The van der Waals surface area contributed by atoms with Crippen molar-refractivity contribution in [3.8, 4) is 11.5 Å². The number of pyridine rings is 1. The zero-order valence-corrected chi connectivity index (χ0v) is 30.6. The maximum absolute atomic E-state index is 15.2. The maximum atomic E-state index is 15.2. The molecule has 0 fully saturated rings. The lowest BCUT2D eigenvalue weighted by atomic mass is 10.0. The molecule has 6 rings (SSSR count). The summed E-state index contributed by atoms with van der Waals surface area (Å²) in [5.41, 5.74) is 4.25. The van der Waals surface area contributed by atoms with Crippen LogP contribution in [0.2, 0.25) is 0 Å². The number of hydrogen-bond acceptors (Lipinski definition) is 11. The molecule has 0 saturated carbocycles. The molecular formula is C38H39F2N11O4. The number of aryl methyl sites for hydroxylation is 5. The first-order valence-electron chi connectivity index (χ1n) is 17.2. The summed E-state index contributed by atoms with van der Waals surface area (Å²) in [6.45, 7) is 0.0306. The van der Waals surface area contributed by atoms with E-state index >= 15 is 4.39 Å². The average Bonchev–Trinajstić information content (AvgIpc) is 3.84. The highest BCUT2D eigenvalue weighted by Gasteiger charge is 2.17. The fraction of sp³-hybridized carbons (Fsp3) is 0.237. The Balaban J connectivity index is 1.01. The minimum atomic E-state index is -0.526. The van der Waals surface area contributed by atoms with Crippen molar-refractivity contribution in [3.63, 3.8) is 0 Å². The number of anilines is 4. The minimum Gasteiger partial charge on any atom is -0.494 e. The van der Waals surface area contributed by atoms with Gasteiger partial charge in [0.05, 0.1) is 44.2 Å². The molecular weight excluding hydrogens is 712 g/mol. The predicted molar refractivity (Wildman–Crippen MR) is 200 cm³/mol. The van der Waals surface area contributed by atoms with E-state index in [1.807, 2.05) is 25.4 Å². The first-order valence-corrected chi connectivity index (χ1v) is 17.2. The molecule has 0 spiro atoms. The lowest BCUT2D eigenvalue weighted by molar-refractivity contribution is 0.0937. The van der Waals surface area contributed by atoms with Gasteiger partial charge in [0.1, 0.15) is 12.5 Å². The summed E-state index contributed by atoms with van der Waals surface area (Å²) >= 11 is 0. The molecule has 0 unspecified atom stereocenters. The van der Waals surface area contributed by atoms with Gasteiger partial charge in [-0.05, 0) is 78.3 Å². The smallest absolute Gasteiger partial charge is 0.252 e. The van der Waals surface area contributed by atoms with E-state index in [0.29, 0.717) is 59.8 Å². The number of carbonyl (C=O) groups is 2. The fourth-order valence-corrected chi connectivity index (χ4v) is 5.66. The molecule has 4 aromatic heterocycles. The second kappa shape index (κ2) is 17.3. The van der Waals surface area contributed by atoms with Gasteiger partial charge in [0, 0.05) is 50.0 Å². The van der Waals surface area contributed by atoms with Gasteiger partial charge in [0.25, 0.3) is 11.8 Å². The van der Waals surface area contributed by atoms with Crippen LogP contribution < -0.4 is 30.7 Å². The number of rotatable bonds is 16. The van der Waals surface area contributed by atoms with Gasteiger partial charge >= 0.3 is 0 Å². The standard InChI is InChI=1S/C38H39F2N11O4/c1-41-36(52)27-11-26(35(40)31(13-27)54-3)9-6-24-16-43-38(44-17-24)49-30-19-47-51(21-30)22-45-37(53)28-12-25(34(39)32(14-28)55-4)8-5-23-7-10-33(42-15-23)48-29-18-46-50(2)20-29/h7,10-21H,5-6,8-9,22H2,1-4H3,(H,41,52)(H,42,48)(H,45,53)(H,43,44,49). The monoisotopic (exact) mass is 751 g/mol. The zero-order valence-electron chi connectivity index (χ0n) is 30.6. The Labute approximate surface area is 315 Å². The normalized spacial score (nSPS) is 10.9. The van der Waals surface area contributed by atoms with Crippen molar-refractivity contribution >= 4 is 35.0 Å². The van der Waals surface area contributed by atoms with Gasteiger partial charge in [-0.1, -0.05) is 6.07 Å². The van der Waals surface area contributed by atoms with Gasteiger partial charge in [-0.3, -0.25) is 19.0 Å². The Hall–Kier alpha value is -6.91. The summed E-state index contributed by atoms with van der Waals surface area (Å²) < 4.78 is 43.6. The summed E-state index contributed by atoms with van der Waals surface area (Å²) in [6.07, 6.45) is 13.2. The van der Waals surface area contributed by atoms with Crippen LogP contribution in [0.15, 0.2) is 79.8 Å². The van der Waals surface area contributed by atoms with E-state index in [9.17, 15) is 14.0 Å². The van der Waals surface area contributed by atoms with Crippen LogP contribution in [0, 0.1) is 11.6 Å². The second-order valence-electron chi connectivity index (χ2n) is 12.4. The molecule has 4 N–H and O–H groups in total. The molecule has 2 amide bonds. The Morgan fingerprint density at radius 2 is 1.31 bits per heavy atom. The van der Waals surface area contributed by atoms with Crippen molar-refractivity contribution in [2.75, 3.05) is 31.9 Å². The number of halogens is 2. The van der Waals surface area contributed by atoms with Crippen LogP contribution in [0.1, 0.15) is 43.0 Å². The summed E-state index contributed by atoms with van der Waals surface area (Å²) in [5.74, 6) is -0.898. The van der Waals surface area contributed by atoms with Crippen molar-refractivity contribution in [3.05, 3.63) is 125 Å². The van der Waals surface area contributed by atoms with Crippen molar-refractivity contribution in [2.24, 2.45) is 7.05 Å². The first-order chi connectivity index (χ1) is 26.6. The Morgan fingerprint density at radius 3 is 1.89 bits per heavy atom. The van der Waals surface area contributed by atoms with Crippen LogP contribution in [0.5, 0.6) is 11.5 Å². The Kier molecular flexibility index (Phi) is 11.9. The van der Waals surface area contributed by atoms with E-state index in [0.717, 1.165) is 16.8 Å². The second-order valence-corrected chi connectivity index (χ2v) is 12.4. The molecule has 17 heteroatoms. The molecule has 0 radical (unpaired) electrons. The zero-order chi connectivity index (χ0) is 38.9. The Morgan fingerprint density at radius 1 is 0.709 bits per heavy atom. The van der Waals surface area contributed by atoms with E-state index in [1.165, 1.54) is 50.2 Å². The number of aromatic nitrogens is 7. The van der Waals surface area contributed by atoms with Crippen LogP contribution in [-0.4, -0.2) is 67.6 Å². The van der Waals surface area contributed by atoms with Gasteiger partial charge in [-0.25, -0.2) is 23.7 Å². The van der Waals surface area contributed by atoms with Crippen molar-refractivity contribution < 1.29 is 27.8 Å². The number of hydrogen-bond donors (Lipinski definition) is 4. The number of amides is 2. The largest absolute Gasteiger partial charge is 0.494 e. The fourth-order valence-electron chi connectivity index (χ4n) is 5.66. The molecule has 6 aromatic rings. The SMILES string of the molecule is CNC(=O)c1cc(CCc2cnc(Nc3cnn(CNC(=O)c4cc(CCc5ccc(Nc6cnn(C)c6)nc5)c(F)c(OC)c4)c3)nc2)c(F)c(OC)c1. The molecule has 284 valence electrons. The predicted octanol–water partition coefficient (Wildman–Crippen LogP) is 4.90. The number of ether oxygens (including phenoxy) is 2. The average molecular weight is 752 g/mol. The van der Waals surface area contributed by atoms with Crippen LogP contribution in [0.4, 0.5) is 31.9 Å². The van der Waals surface area contributed by atoms with Crippen LogP contribution >= 0.6 is 0 Å². The lowest BCUT2D eigenvalue weighted by Crippen LogP contribution is -2.26. The topological polar surface area (TPSA) is 175 Å². The van der Waals surface area contributed by atoms with E-state index in [-0.39, 0.29) is 29.6 Å². The van der Waals surface area contributed by atoms with Gasteiger partial charge in [-0.2, -0.15) is 10.2 Å². The first kappa shape index (κ1) is 37.8. The highest BCUT2D eigenvalue weighted by atomic mass is 19.1. The molecule has 2 aromatic carbocycles. The molecule has 0 bridgehead atoms. The van der Waals surface area contributed by atoms with Gasteiger partial charge in [-0.15, -0.1) is 0 Å². The third kappa shape index (κ3) is 9.56. The van der Waals surface area contributed by atoms with Gasteiger partial charge < -0.3 is 30.7 Å². The third-order valence-corrected chi connectivity index (χ3v) is 8.58. The van der Waals surface area contributed by atoms with Gasteiger partial charge in [0.2, 0.25) is 5.95 Å². The van der Waals surface area contributed by atoms with Crippen LogP contribution in [-0.2, 0) is 39.4 Å². The summed E-state index contributed by atoms with van der Waals surface area (Å²) in [7, 11) is 6.03.